The molecular formula is C16H30N2. The fraction of sp³-hybridized carbons (Fsp3) is 1.00. The first kappa shape index (κ1) is 12.9. The van der Waals surface area contributed by atoms with Gasteiger partial charge in [0, 0.05) is 6.04 Å². The van der Waals surface area contributed by atoms with Gasteiger partial charge in [-0.1, -0.05) is 25.7 Å². The predicted octanol–water partition coefficient (Wildman–Crippen LogP) is 3.08. The Bertz CT molecular complexity index is 252. The Morgan fingerprint density at radius 3 is 2.44 bits per heavy atom. The number of piperidine rings is 1. The highest BCUT2D eigenvalue weighted by Gasteiger charge is 2.42. The van der Waals surface area contributed by atoms with E-state index in [9.17, 15) is 0 Å². The van der Waals surface area contributed by atoms with Crippen molar-refractivity contribution >= 4 is 0 Å². The first-order valence-electron chi connectivity index (χ1n) is 8.33. The fourth-order valence-electron chi connectivity index (χ4n) is 4.71. The molecule has 2 saturated carbocycles. The Kier molecular flexibility index (Phi) is 4.25. The van der Waals surface area contributed by atoms with Gasteiger partial charge in [0.25, 0.3) is 0 Å². The summed E-state index contributed by atoms with van der Waals surface area (Å²) in [6.45, 7) is 3.75. The van der Waals surface area contributed by atoms with Gasteiger partial charge in [-0.25, -0.2) is 0 Å². The highest BCUT2D eigenvalue weighted by Crippen LogP contribution is 2.49. The molecule has 2 heteroatoms. The minimum atomic E-state index is 0.709. The van der Waals surface area contributed by atoms with Gasteiger partial charge in [-0.3, -0.25) is 0 Å². The van der Waals surface area contributed by atoms with Gasteiger partial charge < -0.3 is 10.6 Å². The summed E-state index contributed by atoms with van der Waals surface area (Å²) in [7, 11) is 0. The van der Waals surface area contributed by atoms with E-state index in [1.165, 1.54) is 83.8 Å². The molecule has 3 rings (SSSR count). The average Bonchev–Trinajstić information content (AvgIpc) is 2.88. The molecule has 1 spiro atoms. The lowest BCUT2D eigenvalue weighted by Gasteiger charge is -2.43. The molecule has 2 nitrogen and oxygen atoms in total. The van der Waals surface area contributed by atoms with Crippen molar-refractivity contribution < 1.29 is 0 Å². The van der Waals surface area contributed by atoms with Crippen LogP contribution in [0.1, 0.15) is 64.2 Å². The molecule has 0 radical (unpaired) electrons. The minimum Gasteiger partial charge on any atom is -0.316 e. The summed E-state index contributed by atoms with van der Waals surface area (Å²) in [5.74, 6) is 0.888. The third-order valence-electron chi connectivity index (χ3n) is 5.81. The zero-order valence-electron chi connectivity index (χ0n) is 11.8. The molecule has 0 aromatic rings. The molecule has 2 aliphatic carbocycles. The SMILES string of the molecule is C1CNCC(CNC2CCCCC23CCCC3)C1. The van der Waals surface area contributed by atoms with E-state index in [0.29, 0.717) is 5.41 Å². The maximum atomic E-state index is 3.98. The summed E-state index contributed by atoms with van der Waals surface area (Å²) in [5.41, 5.74) is 0.709. The Morgan fingerprint density at radius 2 is 1.72 bits per heavy atom. The second-order valence-corrected chi connectivity index (χ2v) is 6.99. The molecule has 18 heavy (non-hydrogen) atoms. The van der Waals surface area contributed by atoms with Crippen LogP contribution < -0.4 is 10.6 Å². The van der Waals surface area contributed by atoms with E-state index >= 15 is 0 Å². The molecule has 2 N–H and O–H groups in total. The van der Waals surface area contributed by atoms with Crippen molar-refractivity contribution in [1.29, 1.82) is 0 Å². The van der Waals surface area contributed by atoms with Crippen molar-refractivity contribution in [3.63, 3.8) is 0 Å². The van der Waals surface area contributed by atoms with Gasteiger partial charge in [-0.05, 0) is 69.5 Å². The second kappa shape index (κ2) is 5.92. The lowest BCUT2D eigenvalue weighted by molar-refractivity contribution is 0.125. The molecule has 3 fully saturated rings. The van der Waals surface area contributed by atoms with Crippen molar-refractivity contribution in [2.45, 2.75) is 70.3 Å². The number of nitrogens with one attached hydrogen (secondary N) is 2. The fourth-order valence-corrected chi connectivity index (χ4v) is 4.71. The normalized spacial score (nSPS) is 36.0. The van der Waals surface area contributed by atoms with Crippen LogP contribution in [0.5, 0.6) is 0 Å². The molecule has 0 aromatic heterocycles. The monoisotopic (exact) mass is 250 g/mol. The van der Waals surface area contributed by atoms with Gasteiger partial charge in [0.05, 0.1) is 0 Å². The molecule has 0 bridgehead atoms. The molecule has 104 valence electrons. The van der Waals surface area contributed by atoms with E-state index in [1.54, 1.807) is 0 Å². The highest BCUT2D eigenvalue weighted by molar-refractivity contribution is 4.97. The molecule has 2 atom stereocenters. The van der Waals surface area contributed by atoms with Crippen LogP contribution in [0.4, 0.5) is 0 Å². The zero-order chi connectivity index (χ0) is 12.3. The van der Waals surface area contributed by atoms with E-state index in [4.69, 9.17) is 0 Å². The van der Waals surface area contributed by atoms with Gasteiger partial charge in [0.15, 0.2) is 0 Å². The van der Waals surface area contributed by atoms with Gasteiger partial charge in [-0.15, -0.1) is 0 Å². The van der Waals surface area contributed by atoms with Crippen LogP contribution in [0.3, 0.4) is 0 Å². The molecular weight excluding hydrogens is 220 g/mol. The maximum absolute atomic E-state index is 3.98. The van der Waals surface area contributed by atoms with Crippen molar-refractivity contribution in [2.24, 2.45) is 11.3 Å². The van der Waals surface area contributed by atoms with E-state index in [-0.39, 0.29) is 0 Å². The molecule has 1 heterocycles. The number of rotatable bonds is 3. The molecule has 0 amide bonds. The summed E-state index contributed by atoms with van der Waals surface area (Å²) in [6, 6.07) is 0.843. The van der Waals surface area contributed by atoms with Gasteiger partial charge >= 0.3 is 0 Å². The van der Waals surface area contributed by atoms with Crippen molar-refractivity contribution in [2.75, 3.05) is 19.6 Å². The van der Waals surface area contributed by atoms with Crippen LogP contribution in [0.2, 0.25) is 0 Å². The first-order chi connectivity index (χ1) is 8.89. The lowest BCUT2D eigenvalue weighted by atomic mass is 9.69. The number of hydrogen-bond donors (Lipinski definition) is 2. The van der Waals surface area contributed by atoms with E-state index in [1.807, 2.05) is 0 Å². The smallest absolute Gasteiger partial charge is 0.0124 e. The standard InChI is InChI=1S/C16H30N2/c1-2-8-16(9-3-4-10-16)15(7-1)18-13-14-6-5-11-17-12-14/h14-15,17-18H,1-13H2. The topological polar surface area (TPSA) is 24.1 Å². The Balaban J connectivity index is 1.53. The summed E-state index contributed by atoms with van der Waals surface area (Å²) in [4.78, 5) is 0. The third-order valence-corrected chi connectivity index (χ3v) is 5.81. The van der Waals surface area contributed by atoms with Crippen LogP contribution in [0.15, 0.2) is 0 Å². The van der Waals surface area contributed by atoms with Crippen LogP contribution >= 0.6 is 0 Å². The summed E-state index contributed by atoms with van der Waals surface area (Å²) in [5, 5.41) is 7.53. The Hall–Kier alpha value is -0.0800. The minimum absolute atomic E-state index is 0.709. The molecule has 2 unspecified atom stereocenters. The van der Waals surface area contributed by atoms with Crippen molar-refractivity contribution in [1.82, 2.24) is 10.6 Å². The lowest BCUT2D eigenvalue weighted by Crippen LogP contribution is -2.49. The van der Waals surface area contributed by atoms with Crippen LogP contribution in [0.25, 0.3) is 0 Å². The molecule has 1 saturated heterocycles. The molecule has 0 aromatic carbocycles. The summed E-state index contributed by atoms with van der Waals surface area (Å²) < 4.78 is 0. The van der Waals surface area contributed by atoms with Crippen LogP contribution in [-0.2, 0) is 0 Å². The van der Waals surface area contributed by atoms with Crippen LogP contribution in [0, 0.1) is 11.3 Å². The van der Waals surface area contributed by atoms with Crippen molar-refractivity contribution in [3.8, 4) is 0 Å². The molecule has 1 aliphatic heterocycles. The van der Waals surface area contributed by atoms with E-state index < -0.39 is 0 Å². The summed E-state index contributed by atoms with van der Waals surface area (Å²) in [6.07, 6.45) is 14.7. The average molecular weight is 250 g/mol. The van der Waals surface area contributed by atoms with E-state index in [0.717, 1.165) is 12.0 Å². The predicted molar refractivity (Wildman–Crippen MR) is 76.8 cm³/mol. The number of hydrogen-bond acceptors (Lipinski definition) is 2. The quantitative estimate of drug-likeness (QED) is 0.804. The highest BCUT2D eigenvalue weighted by atomic mass is 15.0. The van der Waals surface area contributed by atoms with Gasteiger partial charge in [0.2, 0.25) is 0 Å². The maximum Gasteiger partial charge on any atom is 0.0124 e. The molecule has 3 aliphatic rings. The van der Waals surface area contributed by atoms with Crippen LogP contribution in [-0.4, -0.2) is 25.7 Å². The first-order valence-corrected chi connectivity index (χ1v) is 8.33. The van der Waals surface area contributed by atoms with E-state index in [2.05, 4.69) is 10.6 Å². The van der Waals surface area contributed by atoms with Crippen molar-refractivity contribution in [3.05, 3.63) is 0 Å². The third kappa shape index (κ3) is 2.75. The largest absolute Gasteiger partial charge is 0.316 e. The second-order valence-electron chi connectivity index (χ2n) is 6.99. The zero-order valence-corrected chi connectivity index (χ0v) is 11.8. The van der Waals surface area contributed by atoms with Gasteiger partial charge in [0.1, 0.15) is 0 Å². The Morgan fingerprint density at radius 1 is 0.944 bits per heavy atom. The van der Waals surface area contributed by atoms with Gasteiger partial charge in [-0.2, -0.15) is 0 Å². The Labute approximate surface area is 112 Å². The summed E-state index contributed by atoms with van der Waals surface area (Å²) >= 11 is 0.